The molecule has 3 aromatic rings. The summed E-state index contributed by atoms with van der Waals surface area (Å²) in [4.78, 5) is 6.35. The molecule has 0 spiro atoms. The van der Waals surface area contributed by atoms with Gasteiger partial charge >= 0.3 is 0 Å². The summed E-state index contributed by atoms with van der Waals surface area (Å²) >= 11 is 12.3. The van der Waals surface area contributed by atoms with E-state index in [0.29, 0.717) is 44.4 Å². The number of nitrogens with zero attached hydrogens (tertiary/aromatic N) is 4. The highest BCUT2D eigenvalue weighted by molar-refractivity contribution is 6.35. The van der Waals surface area contributed by atoms with Crippen LogP contribution in [0, 0.1) is 5.41 Å². The molecule has 9 heteroatoms. The molecule has 0 radical (unpaired) electrons. The van der Waals surface area contributed by atoms with Gasteiger partial charge in [0, 0.05) is 54.1 Å². The third-order valence-electron chi connectivity index (χ3n) is 5.59. The summed E-state index contributed by atoms with van der Waals surface area (Å²) in [6.07, 6.45) is 7.76. The van der Waals surface area contributed by atoms with Crippen molar-refractivity contribution < 1.29 is 4.74 Å². The van der Waals surface area contributed by atoms with Crippen molar-refractivity contribution in [3.05, 3.63) is 69.7 Å². The van der Waals surface area contributed by atoms with Crippen molar-refractivity contribution in [2.24, 2.45) is 0 Å². The molecule has 1 fully saturated rings. The molecule has 162 valence electrons. The van der Waals surface area contributed by atoms with Crippen LogP contribution in [-0.2, 0) is 6.61 Å². The molecule has 1 aliphatic rings. The number of pyridine rings is 1. The van der Waals surface area contributed by atoms with Crippen LogP contribution >= 0.6 is 23.2 Å². The lowest BCUT2D eigenvalue weighted by Crippen LogP contribution is -2.21. The Morgan fingerprint density at radius 2 is 2.03 bits per heavy atom. The Morgan fingerprint density at radius 3 is 2.74 bits per heavy atom. The topological polar surface area (TPSA) is 93.0 Å². The van der Waals surface area contributed by atoms with Crippen LogP contribution in [0.1, 0.15) is 36.1 Å². The Hall–Kier alpha value is -2.61. The lowest BCUT2D eigenvalue weighted by molar-refractivity contribution is 0.306. The standard InChI is InChI=1S/C22H24Cl2N6O/c1-2-29-6-5-15(12-29)30-11-14(8-28-30)22(26)17-7-16(3-4-21(17)25)31-13-18-19(23)9-27-10-20(18)24/h3-4,7-11,15,26H,2,5-6,12-13,25H2,1H3. The predicted molar refractivity (Wildman–Crippen MR) is 123 cm³/mol. The van der Waals surface area contributed by atoms with E-state index in [0.717, 1.165) is 31.6 Å². The van der Waals surface area contributed by atoms with Crippen molar-refractivity contribution in [1.29, 1.82) is 5.41 Å². The fourth-order valence-electron chi connectivity index (χ4n) is 3.71. The summed E-state index contributed by atoms with van der Waals surface area (Å²) in [5.41, 5.74) is 8.94. The first-order valence-corrected chi connectivity index (χ1v) is 10.9. The van der Waals surface area contributed by atoms with Gasteiger partial charge in [0.25, 0.3) is 0 Å². The smallest absolute Gasteiger partial charge is 0.120 e. The van der Waals surface area contributed by atoms with E-state index in [-0.39, 0.29) is 6.61 Å². The number of likely N-dealkylation sites (tertiary alicyclic amines) is 1. The van der Waals surface area contributed by atoms with Crippen molar-refractivity contribution in [3.8, 4) is 5.75 Å². The molecule has 7 nitrogen and oxygen atoms in total. The Kier molecular flexibility index (Phi) is 6.46. The van der Waals surface area contributed by atoms with Gasteiger partial charge in [0.05, 0.1) is 28.0 Å². The average Bonchev–Trinajstić information content (AvgIpc) is 3.43. The number of benzene rings is 1. The number of halogens is 2. The minimum Gasteiger partial charge on any atom is -0.489 e. The molecule has 3 heterocycles. The van der Waals surface area contributed by atoms with Gasteiger partial charge < -0.3 is 15.4 Å². The molecule has 1 atom stereocenters. The first kappa shape index (κ1) is 21.6. The van der Waals surface area contributed by atoms with E-state index in [1.165, 1.54) is 12.4 Å². The normalized spacial score (nSPS) is 16.5. The Bertz CT molecular complexity index is 1080. The molecule has 4 rings (SSSR count). The molecular weight excluding hydrogens is 435 g/mol. The first-order valence-electron chi connectivity index (χ1n) is 10.1. The van der Waals surface area contributed by atoms with Gasteiger partial charge in [-0.3, -0.25) is 15.1 Å². The van der Waals surface area contributed by atoms with Crippen molar-refractivity contribution in [2.75, 3.05) is 25.4 Å². The van der Waals surface area contributed by atoms with Gasteiger partial charge in [0.1, 0.15) is 12.4 Å². The van der Waals surface area contributed by atoms with Crippen LogP contribution in [0.5, 0.6) is 5.75 Å². The SMILES string of the molecule is CCN1CCC(n2cc(C(=N)c3cc(OCc4c(Cl)cncc4Cl)ccc3N)cn2)C1. The van der Waals surface area contributed by atoms with Crippen LogP contribution in [-0.4, -0.2) is 45.0 Å². The minimum absolute atomic E-state index is 0.185. The maximum Gasteiger partial charge on any atom is 0.120 e. The van der Waals surface area contributed by atoms with Crippen molar-refractivity contribution in [2.45, 2.75) is 26.0 Å². The third-order valence-corrected chi connectivity index (χ3v) is 6.24. The van der Waals surface area contributed by atoms with Crippen molar-refractivity contribution >= 4 is 34.6 Å². The maximum absolute atomic E-state index is 8.68. The number of nitrogens with two attached hydrogens (primary N) is 1. The zero-order valence-electron chi connectivity index (χ0n) is 17.2. The summed E-state index contributed by atoms with van der Waals surface area (Å²) in [6, 6.07) is 5.58. The van der Waals surface area contributed by atoms with E-state index in [1.807, 2.05) is 10.9 Å². The molecule has 1 aliphatic heterocycles. The summed E-state index contributed by atoms with van der Waals surface area (Å²) in [5, 5.41) is 14.1. The quantitative estimate of drug-likeness (QED) is 0.403. The molecule has 1 saturated heterocycles. The fourth-order valence-corrected chi connectivity index (χ4v) is 4.18. The van der Waals surface area contributed by atoms with E-state index < -0.39 is 0 Å². The highest BCUT2D eigenvalue weighted by Gasteiger charge is 2.24. The van der Waals surface area contributed by atoms with Crippen LogP contribution in [0.2, 0.25) is 10.0 Å². The number of aromatic nitrogens is 3. The van der Waals surface area contributed by atoms with E-state index >= 15 is 0 Å². The zero-order chi connectivity index (χ0) is 22.0. The number of rotatable bonds is 7. The van der Waals surface area contributed by atoms with Crippen LogP contribution in [0.4, 0.5) is 5.69 Å². The zero-order valence-corrected chi connectivity index (χ0v) is 18.7. The number of anilines is 1. The Labute approximate surface area is 191 Å². The van der Waals surface area contributed by atoms with Gasteiger partial charge in [-0.1, -0.05) is 30.1 Å². The number of likely N-dealkylation sites (N-methyl/N-ethyl adjacent to an activating group) is 1. The summed E-state index contributed by atoms with van der Waals surface area (Å²) in [6.45, 7) is 5.45. The highest BCUT2D eigenvalue weighted by atomic mass is 35.5. The molecule has 1 aromatic carbocycles. The van der Waals surface area contributed by atoms with Crippen LogP contribution in [0.15, 0.2) is 43.0 Å². The largest absolute Gasteiger partial charge is 0.489 e. The van der Waals surface area contributed by atoms with E-state index in [4.69, 9.17) is 39.1 Å². The van der Waals surface area contributed by atoms with Gasteiger partial charge in [-0.25, -0.2) is 0 Å². The second-order valence-corrected chi connectivity index (χ2v) is 8.35. The lowest BCUT2D eigenvalue weighted by atomic mass is 10.0. The summed E-state index contributed by atoms with van der Waals surface area (Å²) < 4.78 is 7.83. The van der Waals surface area contributed by atoms with Crippen LogP contribution in [0.3, 0.4) is 0 Å². The van der Waals surface area contributed by atoms with Crippen LogP contribution in [0.25, 0.3) is 0 Å². The predicted octanol–water partition coefficient (Wildman–Crippen LogP) is 4.43. The monoisotopic (exact) mass is 458 g/mol. The van der Waals surface area contributed by atoms with Gasteiger partial charge in [-0.05, 0) is 31.2 Å². The molecule has 1 unspecified atom stereocenters. The Morgan fingerprint density at radius 1 is 1.26 bits per heavy atom. The van der Waals surface area contributed by atoms with Gasteiger partial charge in [0.2, 0.25) is 0 Å². The average molecular weight is 459 g/mol. The molecule has 2 aromatic heterocycles. The molecule has 0 bridgehead atoms. The molecule has 0 amide bonds. The van der Waals surface area contributed by atoms with Gasteiger partial charge in [0.15, 0.2) is 0 Å². The number of ether oxygens (including phenoxy) is 1. The molecule has 3 N–H and O–H groups in total. The van der Waals surface area contributed by atoms with Crippen molar-refractivity contribution in [3.63, 3.8) is 0 Å². The second kappa shape index (κ2) is 9.26. The summed E-state index contributed by atoms with van der Waals surface area (Å²) in [7, 11) is 0. The van der Waals surface area contributed by atoms with Crippen molar-refractivity contribution in [1.82, 2.24) is 19.7 Å². The fraction of sp³-hybridized carbons (Fsp3) is 0.318. The third kappa shape index (κ3) is 4.69. The lowest BCUT2D eigenvalue weighted by Gasteiger charge is -2.13. The molecular formula is C22H24Cl2N6O. The number of nitrogen functional groups attached to an aromatic ring is 1. The van der Waals surface area contributed by atoms with E-state index in [1.54, 1.807) is 24.4 Å². The molecule has 0 aliphatic carbocycles. The minimum atomic E-state index is 0.185. The number of hydrogen-bond donors (Lipinski definition) is 2. The number of nitrogens with one attached hydrogen (secondary N) is 1. The van der Waals surface area contributed by atoms with E-state index in [2.05, 4.69) is 21.9 Å². The second-order valence-electron chi connectivity index (χ2n) is 7.54. The first-order chi connectivity index (χ1) is 15.0. The van der Waals surface area contributed by atoms with E-state index in [9.17, 15) is 0 Å². The number of hydrogen-bond acceptors (Lipinski definition) is 6. The Balaban J connectivity index is 1.50. The molecule has 0 saturated carbocycles. The van der Waals surface area contributed by atoms with Gasteiger partial charge in [-0.2, -0.15) is 5.10 Å². The summed E-state index contributed by atoms with van der Waals surface area (Å²) in [5.74, 6) is 0.569. The highest BCUT2D eigenvalue weighted by Crippen LogP contribution is 2.28. The van der Waals surface area contributed by atoms with Crippen LogP contribution < -0.4 is 10.5 Å². The maximum atomic E-state index is 8.68. The molecule has 31 heavy (non-hydrogen) atoms. The van der Waals surface area contributed by atoms with Gasteiger partial charge in [-0.15, -0.1) is 0 Å².